The second-order valence-corrected chi connectivity index (χ2v) is 4.13. The smallest absolute Gasteiger partial charge is 0.0702 e. The number of rotatable bonds is 5. The van der Waals surface area contributed by atoms with Gasteiger partial charge in [0.05, 0.1) is 18.6 Å². The van der Waals surface area contributed by atoms with Crippen LogP contribution in [0.2, 0.25) is 0 Å². The molecule has 0 bridgehead atoms. The summed E-state index contributed by atoms with van der Waals surface area (Å²) in [5.74, 6) is 0.661. The van der Waals surface area contributed by atoms with Crippen molar-refractivity contribution in [3.8, 4) is 6.07 Å². The zero-order valence-corrected chi connectivity index (χ0v) is 8.70. The molecule has 0 spiro atoms. The highest BCUT2D eigenvalue weighted by atomic mass is 32.2. The lowest BCUT2D eigenvalue weighted by Gasteiger charge is -2.04. The molecule has 3 heteroatoms. The van der Waals surface area contributed by atoms with Crippen LogP contribution in [-0.4, -0.2) is 17.5 Å². The van der Waals surface area contributed by atoms with E-state index in [0.717, 1.165) is 12.2 Å². The van der Waals surface area contributed by atoms with E-state index in [1.54, 1.807) is 11.8 Å². The van der Waals surface area contributed by atoms with Crippen molar-refractivity contribution in [2.24, 2.45) is 5.92 Å². The van der Waals surface area contributed by atoms with E-state index in [0.29, 0.717) is 0 Å². The van der Waals surface area contributed by atoms with Gasteiger partial charge in [-0.2, -0.15) is 5.26 Å². The zero-order valence-electron chi connectivity index (χ0n) is 7.89. The molecule has 1 aromatic rings. The van der Waals surface area contributed by atoms with Crippen molar-refractivity contribution in [3.05, 3.63) is 30.3 Å². The standard InChI is InChI=1S/C11H13NOS/c12-8-10(9-13)6-7-14-11-4-2-1-3-5-11/h1-5,10,13H,6-7,9H2. The van der Waals surface area contributed by atoms with E-state index in [-0.39, 0.29) is 12.5 Å². The summed E-state index contributed by atoms with van der Waals surface area (Å²) >= 11 is 1.72. The molecule has 0 aliphatic rings. The van der Waals surface area contributed by atoms with Crippen LogP contribution in [0.25, 0.3) is 0 Å². The van der Waals surface area contributed by atoms with Gasteiger partial charge >= 0.3 is 0 Å². The normalized spacial score (nSPS) is 12.0. The van der Waals surface area contributed by atoms with Gasteiger partial charge in [-0.05, 0) is 24.3 Å². The highest BCUT2D eigenvalue weighted by Crippen LogP contribution is 2.19. The van der Waals surface area contributed by atoms with Crippen molar-refractivity contribution in [1.82, 2.24) is 0 Å². The van der Waals surface area contributed by atoms with Gasteiger partial charge in [0.15, 0.2) is 0 Å². The fourth-order valence-corrected chi connectivity index (χ4v) is 2.02. The van der Waals surface area contributed by atoms with E-state index in [2.05, 4.69) is 6.07 Å². The Kier molecular flexibility index (Phi) is 5.13. The molecule has 0 aromatic heterocycles. The summed E-state index contributed by atoms with van der Waals surface area (Å²) in [7, 11) is 0. The number of hydrogen-bond acceptors (Lipinski definition) is 3. The summed E-state index contributed by atoms with van der Waals surface area (Å²) in [5, 5.41) is 17.4. The third-order valence-electron chi connectivity index (χ3n) is 1.88. The molecular weight excluding hydrogens is 194 g/mol. The Bertz CT molecular complexity index is 294. The Balaban J connectivity index is 2.26. The molecular formula is C11H13NOS. The maximum atomic E-state index is 8.79. The second kappa shape index (κ2) is 6.47. The maximum Gasteiger partial charge on any atom is 0.0702 e. The van der Waals surface area contributed by atoms with Gasteiger partial charge in [-0.1, -0.05) is 18.2 Å². The molecule has 1 rings (SSSR count). The van der Waals surface area contributed by atoms with Crippen molar-refractivity contribution in [2.75, 3.05) is 12.4 Å². The van der Waals surface area contributed by atoms with Crippen LogP contribution in [0.15, 0.2) is 35.2 Å². The van der Waals surface area contributed by atoms with Crippen LogP contribution >= 0.6 is 11.8 Å². The van der Waals surface area contributed by atoms with Crippen molar-refractivity contribution in [3.63, 3.8) is 0 Å². The number of hydrogen-bond donors (Lipinski definition) is 1. The van der Waals surface area contributed by atoms with Crippen LogP contribution in [0.3, 0.4) is 0 Å². The molecule has 0 aliphatic heterocycles. The summed E-state index contributed by atoms with van der Waals surface area (Å²) in [6.45, 7) is -0.0359. The van der Waals surface area contributed by atoms with Gasteiger partial charge in [0, 0.05) is 4.90 Å². The van der Waals surface area contributed by atoms with Gasteiger partial charge in [-0.25, -0.2) is 0 Å². The van der Waals surface area contributed by atoms with Gasteiger partial charge in [0.2, 0.25) is 0 Å². The van der Waals surface area contributed by atoms with Gasteiger partial charge in [-0.15, -0.1) is 11.8 Å². The minimum absolute atomic E-state index is 0.0359. The van der Waals surface area contributed by atoms with E-state index >= 15 is 0 Å². The van der Waals surface area contributed by atoms with E-state index < -0.39 is 0 Å². The molecule has 0 amide bonds. The first-order valence-electron chi connectivity index (χ1n) is 4.55. The number of benzene rings is 1. The number of thioether (sulfide) groups is 1. The van der Waals surface area contributed by atoms with Gasteiger partial charge in [0.25, 0.3) is 0 Å². The molecule has 0 aliphatic carbocycles. The van der Waals surface area contributed by atoms with Gasteiger partial charge in [0.1, 0.15) is 0 Å². The monoisotopic (exact) mass is 207 g/mol. The molecule has 0 radical (unpaired) electrons. The highest BCUT2D eigenvalue weighted by molar-refractivity contribution is 7.99. The molecule has 0 saturated heterocycles. The van der Waals surface area contributed by atoms with Crippen molar-refractivity contribution < 1.29 is 5.11 Å². The number of nitrogens with zero attached hydrogens (tertiary/aromatic N) is 1. The SMILES string of the molecule is N#CC(CO)CCSc1ccccc1. The molecule has 14 heavy (non-hydrogen) atoms. The second-order valence-electron chi connectivity index (χ2n) is 2.96. The van der Waals surface area contributed by atoms with E-state index in [1.165, 1.54) is 4.90 Å². The van der Waals surface area contributed by atoms with Crippen LogP contribution in [0.1, 0.15) is 6.42 Å². The lowest BCUT2D eigenvalue weighted by atomic mass is 10.1. The number of aliphatic hydroxyl groups excluding tert-OH is 1. The Hall–Kier alpha value is -0.980. The first-order valence-corrected chi connectivity index (χ1v) is 5.53. The molecule has 0 fully saturated rings. The quantitative estimate of drug-likeness (QED) is 0.753. The third-order valence-corrected chi connectivity index (χ3v) is 2.93. The predicted molar refractivity (Wildman–Crippen MR) is 58.0 cm³/mol. The minimum atomic E-state index is -0.216. The molecule has 1 atom stereocenters. The molecule has 0 heterocycles. The molecule has 2 nitrogen and oxygen atoms in total. The summed E-state index contributed by atoms with van der Waals surface area (Å²) in [6.07, 6.45) is 0.743. The Morgan fingerprint density at radius 1 is 1.36 bits per heavy atom. The first kappa shape index (κ1) is 11.1. The molecule has 0 saturated carbocycles. The van der Waals surface area contributed by atoms with E-state index in [4.69, 9.17) is 10.4 Å². The third kappa shape index (κ3) is 3.82. The summed E-state index contributed by atoms with van der Waals surface area (Å²) in [4.78, 5) is 1.21. The van der Waals surface area contributed by atoms with Gasteiger partial charge in [-0.3, -0.25) is 0 Å². The molecule has 74 valence electrons. The summed E-state index contributed by atoms with van der Waals surface area (Å²) in [5.41, 5.74) is 0. The van der Waals surface area contributed by atoms with Crippen LogP contribution < -0.4 is 0 Å². The molecule has 1 N–H and O–H groups in total. The maximum absolute atomic E-state index is 8.79. The summed E-state index contributed by atoms with van der Waals surface area (Å²) in [6, 6.07) is 12.1. The average molecular weight is 207 g/mol. The Morgan fingerprint density at radius 3 is 2.64 bits per heavy atom. The fraction of sp³-hybridized carbons (Fsp3) is 0.364. The zero-order chi connectivity index (χ0) is 10.2. The van der Waals surface area contributed by atoms with Crippen molar-refractivity contribution in [2.45, 2.75) is 11.3 Å². The minimum Gasteiger partial charge on any atom is -0.395 e. The number of aliphatic hydroxyl groups is 1. The van der Waals surface area contributed by atoms with Crippen LogP contribution in [0.4, 0.5) is 0 Å². The van der Waals surface area contributed by atoms with Crippen LogP contribution in [-0.2, 0) is 0 Å². The van der Waals surface area contributed by atoms with Crippen molar-refractivity contribution in [1.29, 1.82) is 5.26 Å². The van der Waals surface area contributed by atoms with Crippen molar-refractivity contribution >= 4 is 11.8 Å². The number of nitriles is 1. The molecule has 1 aromatic carbocycles. The largest absolute Gasteiger partial charge is 0.395 e. The Labute approximate surface area is 88.6 Å². The average Bonchev–Trinajstić information content (AvgIpc) is 2.26. The highest BCUT2D eigenvalue weighted by Gasteiger charge is 2.04. The fourth-order valence-electron chi connectivity index (χ4n) is 1.03. The van der Waals surface area contributed by atoms with Gasteiger partial charge < -0.3 is 5.11 Å². The predicted octanol–water partition coefficient (Wildman–Crippen LogP) is 2.30. The van der Waals surface area contributed by atoms with E-state index in [1.807, 2.05) is 30.3 Å². The molecule has 1 unspecified atom stereocenters. The lowest BCUT2D eigenvalue weighted by Crippen LogP contribution is -2.03. The van der Waals surface area contributed by atoms with Crippen LogP contribution in [0, 0.1) is 17.2 Å². The lowest BCUT2D eigenvalue weighted by molar-refractivity contribution is 0.254. The Morgan fingerprint density at radius 2 is 2.07 bits per heavy atom. The summed E-state index contributed by atoms with van der Waals surface area (Å²) < 4.78 is 0. The van der Waals surface area contributed by atoms with E-state index in [9.17, 15) is 0 Å². The first-order chi connectivity index (χ1) is 6.86. The topological polar surface area (TPSA) is 44.0 Å². The van der Waals surface area contributed by atoms with Crippen LogP contribution in [0.5, 0.6) is 0 Å².